The number of sulfone groups is 1. The molecule has 0 spiro atoms. The molecular formula is C13H15F3O4S. The minimum atomic E-state index is -5.11. The van der Waals surface area contributed by atoms with Crippen molar-refractivity contribution < 1.29 is 31.5 Å². The number of carboxylic acids is 1. The number of benzene rings is 1. The summed E-state index contributed by atoms with van der Waals surface area (Å²) in [5.74, 6) is -6.51. The van der Waals surface area contributed by atoms with Crippen molar-refractivity contribution in [1.29, 1.82) is 0 Å². The summed E-state index contributed by atoms with van der Waals surface area (Å²) in [6, 6.07) is 5.39. The lowest BCUT2D eigenvalue weighted by molar-refractivity contribution is -0.189. The van der Waals surface area contributed by atoms with Crippen LogP contribution in [-0.4, -0.2) is 31.4 Å². The third kappa shape index (κ3) is 4.45. The lowest BCUT2D eigenvalue weighted by Crippen LogP contribution is -2.36. The Morgan fingerprint density at radius 2 is 1.67 bits per heavy atom. The second-order valence-electron chi connectivity index (χ2n) is 4.94. The van der Waals surface area contributed by atoms with Crippen molar-refractivity contribution in [1.82, 2.24) is 0 Å². The molecule has 1 unspecified atom stereocenters. The Bertz CT molecular complexity index is 603. The van der Waals surface area contributed by atoms with Gasteiger partial charge < -0.3 is 5.11 Å². The van der Waals surface area contributed by atoms with E-state index in [1.807, 2.05) is 13.8 Å². The zero-order valence-corrected chi connectivity index (χ0v) is 12.2. The first-order valence-corrected chi connectivity index (χ1v) is 7.72. The van der Waals surface area contributed by atoms with E-state index >= 15 is 0 Å². The Balaban J connectivity index is 3.08. The van der Waals surface area contributed by atoms with Crippen LogP contribution >= 0.6 is 0 Å². The molecule has 21 heavy (non-hydrogen) atoms. The minimum Gasteiger partial charge on any atom is -0.481 e. The van der Waals surface area contributed by atoms with Gasteiger partial charge in [0.1, 0.15) is 0 Å². The van der Waals surface area contributed by atoms with E-state index in [2.05, 4.69) is 0 Å². The number of carbonyl (C=O) groups is 1. The topological polar surface area (TPSA) is 71.4 Å². The Labute approximate surface area is 120 Å². The average molecular weight is 324 g/mol. The first-order chi connectivity index (χ1) is 9.45. The number of aliphatic carboxylic acids is 1. The summed E-state index contributed by atoms with van der Waals surface area (Å²) in [5, 5.41) is 8.55. The van der Waals surface area contributed by atoms with Crippen LogP contribution in [0.2, 0.25) is 0 Å². The highest BCUT2D eigenvalue weighted by Gasteiger charge is 2.47. The molecule has 0 aliphatic carbocycles. The molecule has 0 aliphatic heterocycles. The predicted molar refractivity (Wildman–Crippen MR) is 69.8 cm³/mol. The normalized spacial score (nSPS) is 14.2. The van der Waals surface area contributed by atoms with Gasteiger partial charge in [-0.25, -0.2) is 8.42 Å². The number of hydrogen-bond acceptors (Lipinski definition) is 3. The molecule has 8 heteroatoms. The Hall–Kier alpha value is -1.57. The van der Waals surface area contributed by atoms with Crippen molar-refractivity contribution in [3.63, 3.8) is 0 Å². The molecule has 0 bridgehead atoms. The van der Waals surface area contributed by atoms with Crippen molar-refractivity contribution in [2.24, 2.45) is 5.92 Å². The SMILES string of the molecule is CC(C)c1ccc(S(=O)(=O)CC(C(=O)O)C(F)(F)F)cc1. The molecule has 0 heterocycles. The van der Waals surface area contributed by atoms with Crippen LogP contribution in [0.25, 0.3) is 0 Å². The van der Waals surface area contributed by atoms with Gasteiger partial charge in [0.05, 0.1) is 10.6 Å². The quantitative estimate of drug-likeness (QED) is 0.904. The highest BCUT2D eigenvalue weighted by Crippen LogP contribution is 2.29. The van der Waals surface area contributed by atoms with E-state index in [1.54, 1.807) is 0 Å². The van der Waals surface area contributed by atoms with Crippen molar-refractivity contribution in [3.8, 4) is 0 Å². The molecule has 118 valence electrons. The molecule has 1 atom stereocenters. The third-order valence-corrected chi connectivity index (χ3v) is 4.75. The molecule has 1 rings (SSSR count). The Morgan fingerprint density at radius 1 is 1.19 bits per heavy atom. The zero-order valence-electron chi connectivity index (χ0n) is 11.4. The molecule has 0 saturated heterocycles. The van der Waals surface area contributed by atoms with Crippen molar-refractivity contribution in [2.45, 2.75) is 30.8 Å². The number of rotatable bonds is 5. The molecule has 0 amide bonds. The van der Waals surface area contributed by atoms with E-state index in [4.69, 9.17) is 5.11 Å². The molecule has 4 nitrogen and oxygen atoms in total. The van der Waals surface area contributed by atoms with Crippen LogP contribution in [0.1, 0.15) is 25.3 Å². The molecular weight excluding hydrogens is 309 g/mol. The standard InChI is InChI=1S/C13H15F3O4S/c1-8(2)9-3-5-10(6-4-9)21(19,20)7-11(12(17)18)13(14,15)16/h3-6,8,11H,7H2,1-2H3,(H,17,18). The largest absolute Gasteiger partial charge is 0.481 e. The van der Waals surface area contributed by atoms with E-state index < -0.39 is 33.7 Å². The van der Waals surface area contributed by atoms with Crippen LogP contribution in [0.5, 0.6) is 0 Å². The van der Waals surface area contributed by atoms with Gasteiger partial charge in [0.2, 0.25) is 0 Å². The summed E-state index contributed by atoms with van der Waals surface area (Å²) in [4.78, 5) is 10.3. The van der Waals surface area contributed by atoms with Crippen LogP contribution in [-0.2, 0) is 14.6 Å². The van der Waals surface area contributed by atoms with Crippen LogP contribution in [0.4, 0.5) is 13.2 Å². The molecule has 0 aromatic heterocycles. The smallest absolute Gasteiger partial charge is 0.403 e. The highest BCUT2D eigenvalue weighted by atomic mass is 32.2. The fraction of sp³-hybridized carbons (Fsp3) is 0.462. The number of carboxylic acid groups (broad SMARTS) is 1. The maximum absolute atomic E-state index is 12.5. The van der Waals surface area contributed by atoms with E-state index in [1.165, 1.54) is 24.3 Å². The second kappa shape index (κ2) is 6.05. The van der Waals surface area contributed by atoms with Gasteiger partial charge in [-0.15, -0.1) is 0 Å². The van der Waals surface area contributed by atoms with Gasteiger partial charge in [-0.3, -0.25) is 4.79 Å². The number of alkyl halides is 3. The summed E-state index contributed by atoms with van der Waals surface area (Å²) < 4.78 is 61.4. The van der Waals surface area contributed by atoms with E-state index in [9.17, 15) is 26.4 Å². The van der Waals surface area contributed by atoms with Gasteiger partial charge in [-0.1, -0.05) is 26.0 Å². The van der Waals surface area contributed by atoms with E-state index in [0.717, 1.165) is 5.56 Å². The lowest BCUT2D eigenvalue weighted by atomic mass is 10.0. The predicted octanol–water partition coefficient (Wildman–Crippen LogP) is 2.85. The van der Waals surface area contributed by atoms with Crippen molar-refractivity contribution >= 4 is 15.8 Å². The van der Waals surface area contributed by atoms with Crippen LogP contribution in [0.3, 0.4) is 0 Å². The third-order valence-electron chi connectivity index (χ3n) is 2.99. The van der Waals surface area contributed by atoms with Gasteiger partial charge in [0.15, 0.2) is 15.8 Å². The highest BCUT2D eigenvalue weighted by molar-refractivity contribution is 7.91. The summed E-state index contributed by atoms with van der Waals surface area (Å²) in [6.45, 7) is 3.77. The van der Waals surface area contributed by atoms with Gasteiger partial charge in [-0.05, 0) is 23.6 Å². The molecule has 1 aromatic carbocycles. The van der Waals surface area contributed by atoms with E-state index in [-0.39, 0.29) is 10.8 Å². The minimum absolute atomic E-state index is 0.142. The lowest BCUT2D eigenvalue weighted by Gasteiger charge is -2.16. The van der Waals surface area contributed by atoms with Crippen molar-refractivity contribution in [2.75, 3.05) is 5.75 Å². The first-order valence-electron chi connectivity index (χ1n) is 6.07. The van der Waals surface area contributed by atoms with Crippen LogP contribution in [0, 0.1) is 5.92 Å². The zero-order chi connectivity index (χ0) is 16.4. The monoisotopic (exact) mass is 324 g/mol. The Morgan fingerprint density at radius 3 is 2.00 bits per heavy atom. The van der Waals surface area contributed by atoms with E-state index in [0.29, 0.717) is 0 Å². The molecule has 1 N–H and O–H groups in total. The molecule has 1 aromatic rings. The summed E-state index contributed by atoms with van der Waals surface area (Å²) in [6.07, 6.45) is -5.11. The van der Waals surface area contributed by atoms with Gasteiger partial charge in [0, 0.05) is 0 Å². The average Bonchev–Trinajstić information content (AvgIpc) is 2.34. The molecule has 0 saturated carbocycles. The summed E-state index contributed by atoms with van der Waals surface area (Å²) in [5.41, 5.74) is 0.833. The second-order valence-corrected chi connectivity index (χ2v) is 6.97. The molecule has 0 fully saturated rings. The van der Waals surface area contributed by atoms with Crippen molar-refractivity contribution in [3.05, 3.63) is 29.8 Å². The summed E-state index contributed by atoms with van der Waals surface area (Å²) >= 11 is 0. The van der Waals surface area contributed by atoms with Gasteiger partial charge in [-0.2, -0.15) is 13.2 Å². The van der Waals surface area contributed by atoms with Crippen LogP contribution < -0.4 is 0 Å². The fourth-order valence-electron chi connectivity index (χ4n) is 1.68. The number of hydrogen-bond donors (Lipinski definition) is 1. The Kier molecular flexibility index (Phi) is 5.03. The molecule has 0 aliphatic rings. The fourth-order valence-corrected chi connectivity index (χ4v) is 3.20. The van der Waals surface area contributed by atoms with Gasteiger partial charge in [0.25, 0.3) is 0 Å². The van der Waals surface area contributed by atoms with Gasteiger partial charge >= 0.3 is 12.1 Å². The maximum atomic E-state index is 12.5. The van der Waals surface area contributed by atoms with Crippen LogP contribution in [0.15, 0.2) is 29.2 Å². The number of halogens is 3. The molecule has 0 radical (unpaired) electrons. The first kappa shape index (κ1) is 17.5. The maximum Gasteiger partial charge on any atom is 0.403 e. The summed E-state index contributed by atoms with van der Waals surface area (Å²) in [7, 11) is -4.33.